The first kappa shape index (κ1) is 13.6. The number of aliphatic hydroxyl groups excluding tert-OH is 1. The summed E-state index contributed by atoms with van der Waals surface area (Å²) in [6.07, 6.45) is -0.635. The van der Waals surface area contributed by atoms with Crippen LogP contribution >= 0.6 is 34.8 Å². The number of halogens is 3. The molecule has 2 rings (SSSR count). The highest BCUT2D eigenvalue weighted by atomic mass is 35.6. The standard InChI is InChI=1S/C12H7Cl3O3/c13-12(14,15)11(18)8-5-9(16)6-3-1-2-4-7(6)10(8)17/h1-5,11,18H. The number of carbonyl (C=O) groups excluding carboxylic acids is 2. The summed E-state index contributed by atoms with van der Waals surface area (Å²) in [6.45, 7) is 0. The van der Waals surface area contributed by atoms with Gasteiger partial charge in [0, 0.05) is 16.7 Å². The van der Waals surface area contributed by atoms with E-state index in [1.165, 1.54) is 12.1 Å². The van der Waals surface area contributed by atoms with Gasteiger partial charge in [0.25, 0.3) is 0 Å². The molecule has 1 N–H and O–H groups in total. The predicted molar refractivity (Wildman–Crippen MR) is 69.5 cm³/mol. The lowest BCUT2D eigenvalue weighted by Crippen LogP contribution is -2.33. The Labute approximate surface area is 118 Å². The lowest BCUT2D eigenvalue weighted by atomic mass is 9.87. The van der Waals surface area contributed by atoms with Crippen molar-refractivity contribution in [1.29, 1.82) is 0 Å². The molecule has 6 heteroatoms. The number of fused-ring (bicyclic) bond motifs is 1. The van der Waals surface area contributed by atoms with Crippen LogP contribution in [0.15, 0.2) is 35.9 Å². The highest BCUT2D eigenvalue weighted by molar-refractivity contribution is 6.68. The van der Waals surface area contributed by atoms with Crippen molar-refractivity contribution in [3.05, 3.63) is 47.0 Å². The third-order valence-corrected chi connectivity index (χ3v) is 3.21. The molecule has 18 heavy (non-hydrogen) atoms. The van der Waals surface area contributed by atoms with Crippen molar-refractivity contribution < 1.29 is 14.7 Å². The number of carbonyl (C=O) groups is 2. The van der Waals surface area contributed by atoms with Crippen molar-refractivity contribution >= 4 is 46.4 Å². The molecule has 0 amide bonds. The average molecular weight is 306 g/mol. The average Bonchev–Trinajstić information content (AvgIpc) is 2.32. The van der Waals surface area contributed by atoms with E-state index < -0.39 is 21.5 Å². The Morgan fingerprint density at radius 3 is 2.17 bits per heavy atom. The van der Waals surface area contributed by atoms with Crippen LogP contribution in [-0.4, -0.2) is 26.6 Å². The first-order valence-corrected chi connectivity index (χ1v) is 6.10. The highest BCUT2D eigenvalue weighted by Crippen LogP contribution is 2.36. The van der Waals surface area contributed by atoms with Gasteiger partial charge in [-0.3, -0.25) is 9.59 Å². The summed E-state index contributed by atoms with van der Waals surface area (Å²) in [5.74, 6) is -0.905. The number of Topliss-reactive ketones (excluding diaryl/α,β-unsaturated/α-hetero) is 1. The van der Waals surface area contributed by atoms with E-state index in [4.69, 9.17) is 34.8 Å². The Morgan fingerprint density at radius 1 is 1.06 bits per heavy atom. The minimum Gasteiger partial charge on any atom is -0.384 e. The number of alkyl halides is 3. The second-order valence-electron chi connectivity index (χ2n) is 3.78. The number of benzene rings is 1. The first-order chi connectivity index (χ1) is 8.32. The number of hydrogen-bond acceptors (Lipinski definition) is 3. The van der Waals surface area contributed by atoms with Gasteiger partial charge in [0.2, 0.25) is 3.79 Å². The minimum atomic E-state index is -2.06. The number of hydrogen-bond donors (Lipinski definition) is 1. The molecule has 0 spiro atoms. The third kappa shape index (κ3) is 2.31. The topological polar surface area (TPSA) is 54.4 Å². The molecule has 0 saturated carbocycles. The van der Waals surface area contributed by atoms with Crippen LogP contribution in [0, 0.1) is 0 Å². The smallest absolute Gasteiger partial charge is 0.220 e. The summed E-state index contributed by atoms with van der Waals surface area (Å²) in [5.41, 5.74) is 0.273. The fourth-order valence-electron chi connectivity index (χ4n) is 1.72. The van der Waals surface area contributed by atoms with Crippen molar-refractivity contribution in [2.75, 3.05) is 0 Å². The zero-order valence-corrected chi connectivity index (χ0v) is 11.1. The molecule has 0 aromatic heterocycles. The van der Waals surface area contributed by atoms with Gasteiger partial charge in [0.05, 0.1) is 0 Å². The zero-order chi connectivity index (χ0) is 13.5. The molecule has 1 atom stereocenters. The normalized spacial score (nSPS) is 17.2. The van der Waals surface area contributed by atoms with E-state index in [2.05, 4.69) is 0 Å². The summed E-state index contributed by atoms with van der Waals surface area (Å²) in [4.78, 5) is 23.9. The molecule has 0 fully saturated rings. The van der Waals surface area contributed by atoms with E-state index in [-0.39, 0.29) is 16.7 Å². The van der Waals surface area contributed by atoms with Gasteiger partial charge >= 0.3 is 0 Å². The quantitative estimate of drug-likeness (QED) is 0.812. The van der Waals surface area contributed by atoms with Crippen molar-refractivity contribution in [1.82, 2.24) is 0 Å². The minimum absolute atomic E-state index is 0.202. The van der Waals surface area contributed by atoms with Gasteiger partial charge < -0.3 is 5.11 Å². The molecule has 0 heterocycles. The largest absolute Gasteiger partial charge is 0.384 e. The van der Waals surface area contributed by atoms with Gasteiger partial charge in [-0.1, -0.05) is 59.1 Å². The molecule has 1 aromatic carbocycles. The van der Waals surface area contributed by atoms with E-state index in [9.17, 15) is 14.7 Å². The molecule has 94 valence electrons. The molecule has 0 radical (unpaired) electrons. The number of allylic oxidation sites excluding steroid dienone is 1. The molecule has 1 aliphatic rings. The van der Waals surface area contributed by atoms with Crippen LogP contribution in [0.25, 0.3) is 0 Å². The summed E-state index contributed by atoms with van der Waals surface area (Å²) in [5, 5.41) is 9.79. The third-order valence-electron chi connectivity index (χ3n) is 2.59. The predicted octanol–water partition coefficient (Wildman–Crippen LogP) is 2.72. The number of ketones is 2. The number of rotatable bonds is 1. The second kappa shape index (κ2) is 4.67. The van der Waals surface area contributed by atoms with Crippen LogP contribution in [-0.2, 0) is 0 Å². The maximum atomic E-state index is 12.1. The fourth-order valence-corrected chi connectivity index (χ4v) is 2.07. The van der Waals surface area contributed by atoms with E-state index in [0.29, 0.717) is 0 Å². The fraction of sp³-hybridized carbons (Fsp3) is 0.167. The number of aliphatic hydroxyl groups is 1. The van der Waals surface area contributed by atoms with Gasteiger partial charge in [-0.2, -0.15) is 0 Å². The molecular weight excluding hydrogens is 298 g/mol. The molecule has 1 aliphatic carbocycles. The Kier molecular flexibility index (Phi) is 3.52. The van der Waals surface area contributed by atoms with Gasteiger partial charge in [0.15, 0.2) is 11.6 Å². The Balaban J connectivity index is 2.50. The monoisotopic (exact) mass is 304 g/mol. The van der Waals surface area contributed by atoms with E-state index in [0.717, 1.165) is 6.08 Å². The molecule has 0 aliphatic heterocycles. The van der Waals surface area contributed by atoms with Crippen LogP contribution in [0.3, 0.4) is 0 Å². The Morgan fingerprint density at radius 2 is 1.61 bits per heavy atom. The van der Waals surface area contributed by atoms with Gasteiger partial charge in [-0.25, -0.2) is 0 Å². The maximum Gasteiger partial charge on any atom is 0.220 e. The maximum absolute atomic E-state index is 12.1. The van der Waals surface area contributed by atoms with E-state index in [1.807, 2.05) is 0 Å². The van der Waals surface area contributed by atoms with Crippen LogP contribution < -0.4 is 0 Å². The van der Waals surface area contributed by atoms with Gasteiger partial charge in [-0.05, 0) is 6.08 Å². The summed E-state index contributed by atoms with van der Waals surface area (Å²) >= 11 is 16.6. The van der Waals surface area contributed by atoms with Gasteiger partial charge in [0.1, 0.15) is 6.10 Å². The summed E-state index contributed by atoms with van der Waals surface area (Å²) in [6, 6.07) is 6.29. The lowest BCUT2D eigenvalue weighted by Gasteiger charge is -2.23. The summed E-state index contributed by atoms with van der Waals surface area (Å²) in [7, 11) is 0. The molecule has 1 aromatic rings. The lowest BCUT2D eigenvalue weighted by molar-refractivity contribution is 0.0948. The SMILES string of the molecule is O=C1C=C(C(O)C(Cl)(Cl)Cl)C(=O)c2ccccc21. The molecule has 0 saturated heterocycles. The molecule has 0 bridgehead atoms. The molecule has 3 nitrogen and oxygen atoms in total. The van der Waals surface area contributed by atoms with Crippen molar-refractivity contribution in [3.63, 3.8) is 0 Å². The Bertz CT molecular complexity index is 558. The zero-order valence-electron chi connectivity index (χ0n) is 8.86. The van der Waals surface area contributed by atoms with Crippen molar-refractivity contribution in [3.8, 4) is 0 Å². The van der Waals surface area contributed by atoms with E-state index >= 15 is 0 Å². The van der Waals surface area contributed by atoms with Crippen LogP contribution in [0.2, 0.25) is 0 Å². The van der Waals surface area contributed by atoms with Crippen molar-refractivity contribution in [2.24, 2.45) is 0 Å². The molecular formula is C12H7Cl3O3. The van der Waals surface area contributed by atoms with E-state index in [1.54, 1.807) is 12.1 Å². The first-order valence-electron chi connectivity index (χ1n) is 4.97. The highest BCUT2D eigenvalue weighted by Gasteiger charge is 2.39. The summed E-state index contributed by atoms with van der Waals surface area (Å²) < 4.78 is -2.06. The van der Waals surface area contributed by atoms with Gasteiger partial charge in [-0.15, -0.1) is 0 Å². The van der Waals surface area contributed by atoms with Crippen LogP contribution in [0.1, 0.15) is 20.7 Å². The second-order valence-corrected chi connectivity index (χ2v) is 6.15. The Hall–Kier alpha value is -0.870. The van der Waals surface area contributed by atoms with Crippen molar-refractivity contribution in [2.45, 2.75) is 9.90 Å². The molecule has 1 unspecified atom stereocenters. The van der Waals surface area contributed by atoms with Crippen LogP contribution in [0.4, 0.5) is 0 Å². The van der Waals surface area contributed by atoms with Crippen LogP contribution in [0.5, 0.6) is 0 Å².